The lowest BCUT2D eigenvalue weighted by Crippen LogP contribution is -2.22. The number of nitrogens with zero attached hydrogens (tertiary/aromatic N) is 2. The maximum absolute atomic E-state index is 12.7. The number of thiazole rings is 1. The van der Waals surface area contributed by atoms with Crippen LogP contribution in [0.2, 0.25) is 0 Å². The largest absolute Gasteiger partial charge is 0.490 e. The molecule has 2 heterocycles. The van der Waals surface area contributed by atoms with Crippen LogP contribution in [0.15, 0.2) is 66.0 Å². The number of hydrogen-bond donors (Lipinski definition) is 0. The fourth-order valence-electron chi connectivity index (χ4n) is 2.58. The number of fused-ring (bicyclic) bond motifs is 3. The molecule has 0 amide bonds. The van der Waals surface area contributed by atoms with Crippen LogP contribution in [0.25, 0.3) is 22.1 Å². The third kappa shape index (κ3) is 2.49. The highest BCUT2D eigenvalue weighted by Gasteiger charge is 2.10. The van der Waals surface area contributed by atoms with Crippen LogP contribution in [0.3, 0.4) is 0 Å². The fraction of sp³-hybridized carbons (Fsp3) is 0.0526. The van der Waals surface area contributed by atoms with Gasteiger partial charge in [0.2, 0.25) is 0 Å². The van der Waals surface area contributed by atoms with E-state index in [9.17, 15) is 4.79 Å². The summed E-state index contributed by atoms with van der Waals surface area (Å²) in [6.45, 7) is 4.10. The summed E-state index contributed by atoms with van der Waals surface area (Å²) in [6, 6.07) is 15.3. The molecule has 5 heteroatoms. The molecule has 0 aliphatic carbocycles. The van der Waals surface area contributed by atoms with E-state index in [1.165, 1.54) is 11.3 Å². The summed E-state index contributed by atoms with van der Waals surface area (Å²) < 4.78 is 7.81. The van der Waals surface area contributed by atoms with Gasteiger partial charge in [-0.05, 0) is 35.9 Å². The van der Waals surface area contributed by atoms with Gasteiger partial charge in [-0.15, -0.1) is 0 Å². The second-order valence-electron chi connectivity index (χ2n) is 5.30. The number of hydrogen-bond acceptors (Lipinski definition) is 4. The number of para-hydroxylation sites is 2. The van der Waals surface area contributed by atoms with Crippen molar-refractivity contribution in [1.29, 1.82) is 0 Å². The molecule has 2 aromatic heterocycles. The minimum atomic E-state index is -0.0318. The van der Waals surface area contributed by atoms with Crippen molar-refractivity contribution in [3.05, 3.63) is 81.6 Å². The molecule has 0 aliphatic rings. The van der Waals surface area contributed by atoms with E-state index in [4.69, 9.17) is 4.74 Å². The summed E-state index contributed by atoms with van der Waals surface area (Å²) in [6.07, 6.45) is 3.59. The van der Waals surface area contributed by atoms with Gasteiger partial charge in [0.25, 0.3) is 5.56 Å². The highest BCUT2D eigenvalue weighted by atomic mass is 32.1. The molecule has 4 aromatic rings. The van der Waals surface area contributed by atoms with E-state index in [0.29, 0.717) is 11.1 Å². The van der Waals surface area contributed by atoms with E-state index >= 15 is 0 Å². The van der Waals surface area contributed by atoms with Gasteiger partial charge in [-0.1, -0.05) is 48.3 Å². The zero-order valence-corrected chi connectivity index (χ0v) is 13.6. The van der Waals surface area contributed by atoms with Gasteiger partial charge >= 0.3 is 0 Å². The Morgan fingerprint density at radius 1 is 1.17 bits per heavy atom. The maximum atomic E-state index is 12.7. The van der Waals surface area contributed by atoms with Crippen LogP contribution in [0.5, 0.6) is 5.75 Å². The average molecular weight is 334 g/mol. The predicted octanol–water partition coefficient (Wildman–Crippen LogP) is 3.02. The van der Waals surface area contributed by atoms with Crippen molar-refractivity contribution in [3.8, 4) is 5.75 Å². The SMILES string of the molecule is C=CCOc1ccc(/C=c2\sc3nc4ccccc4n3c2=O)cc1. The lowest BCUT2D eigenvalue weighted by atomic mass is 10.2. The van der Waals surface area contributed by atoms with Crippen molar-refractivity contribution >= 4 is 33.4 Å². The number of imidazole rings is 1. The molecule has 0 spiro atoms. The number of rotatable bonds is 4. The van der Waals surface area contributed by atoms with Crippen molar-refractivity contribution in [1.82, 2.24) is 9.38 Å². The topological polar surface area (TPSA) is 43.6 Å². The number of benzene rings is 2. The Bertz CT molecular complexity index is 1140. The normalized spacial score (nSPS) is 12.1. The highest BCUT2D eigenvalue weighted by molar-refractivity contribution is 7.15. The van der Waals surface area contributed by atoms with E-state index in [1.54, 1.807) is 10.5 Å². The molecule has 0 aliphatic heterocycles. The summed E-state index contributed by atoms with van der Waals surface area (Å²) in [5, 5.41) is 0. The number of aromatic nitrogens is 2. The Kier molecular flexibility index (Phi) is 3.63. The maximum Gasteiger partial charge on any atom is 0.274 e. The molecule has 0 saturated carbocycles. The molecule has 0 bridgehead atoms. The monoisotopic (exact) mass is 334 g/mol. The molecular weight excluding hydrogens is 320 g/mol. The molecule has 2 aromatic carbocycles. The summed E-state index contributed by atoms with van der Waals surface area (Å²) in [5.74, 6) is 0.779. The molecule has 0 fully saturated rings. The van der Waals surface area contributed by atoms with Crippen molar-refractivity contribution in [2.45, 2.75) is 0 Å². The molecular formula is C19H14N2O2S. The average Bonchev–Trinajstić information content (AvgIpc) is 3.11. The van der Waals surface area contributed by atoms with Crippen LogP contribution >= 0.6 is 11.3 Å². The molecule has 0 N–H and O–H groups in total. The van der Waals surface area contributed by atoms with Gasteiger partial charge in [-0.2, -0.15) is 0 Å². The van der Waals surface area contributed by atoms with E-state index in [-0.39, 0.29) is 5.56 Å². The first-order valence-electron chi connectivity index (χ1n) is 7.52. The fourth-order valence-corrected chi connectivity index (χ4v) is 3.57. The highest BCUT2D eigenvalue weighted by Crippen LogP contribution is 2.16. The van der Waals surface area contributed by atoms with Crippen LogP contribution in [0, 0.1) is 0 Å². The molecule has 0 unspecified atom stereocenters. The van der Waals surface area contributed by atoms with Crippen LogP contribution in [0.4, 0.5) is 0 Å². The molecule has 24 heavy (non-hydrogen) atoms. The van der Waals surface area contributed by atoms with Crippen LogP contribution in [-0.4, -0.2) is 16.0 Å². The van der Waals surface area contributed by atoms with Gasteiger partial charge < -0.3 is 4.74 Å². The van der Waals surface area contributed by atoms with Gasteiger partial charge in [-0.25, -0.2) is 9.38 Å². The van der Waals surface area contributed by atoms with E-state index in [2.05, 4.69) is 11.6 Å². The molecule has 0 atom stereocenters. The van der Waals surface area contributed by atoms with Crippen LogP contribution in [-0.2, 0) is 0 Å². The molecule has 118 valence electrons. The smallest absolute Gasteiger partial charge is 0.274 e. The Hall–Kier alpha value is -2.92. The summed E-state index contributed by atoms with van der Waals surface area (Å²) in [7, 11) is 0. The first kappa shape index (κ1) is 14.7. The quantitative estimate of drug-likeness (QED) is 0.539. The molecule has 0 radical (unpaired) electrons. The second kappa shape index (κ2) is 5.94. The lowest BCUT2D eigenvalue weighted by molar-refractivity contribution is 0.363. The standard InChI is InChI=1S/C19H14N2O2S/c1-2-11-23-14-9-7-13(8-10-14)12-17-18(22)21-16-6-4-3-5-15(16)20-19(21)24-17/h2-10,12H,1,11H2/b17-12-. The third-order valence-electron chi connectivity index (χ3n) is 3.69. The van der Waals surface area contributed by atoms with Gasteiger partial charge in [-0.3, -0.25) is 4.79 Å². The summed E-state index contributed by atoms with van der Waals surface area (Å²) in [5.41, 5.74) is 2.61. The summed E-state index contributed by atoms with van der Waals surface area (Å²) in [4.78, 5) is 17.9. The lowest BCUT2D eigenvalue weighted by Gasteiger charge is -2.02. The van der Waals surface area contributed by atoms with E-state index < -0.39 is 0 Å². The molecule has 4 rings (SSSR count). The second-order valence-corrected chi connectivity index (χ2v) is 6.31. The Morgan fingerprint density at radius 3 is 2.75 bits per heavy atom. The first-order valence-corrected chi connectivity index (χ1v) is 8.33. The van der Waals surface area contributed by atoms with Crippen molar-refractivity contribution in [3.63, 3.8) is 0 Å². The Morgan fingerprint density at radius 2 is 1.96 bits per heavy atom. The van der Waals surface area contributed by atoms with Crippen LogP contribution in [0.1, 0.15) is 5.56 Å². The van der Waals surface area contributed by atoms with Gasteiger partial charge in [0.05, 0.1) is 15.6 Å². The molecule has 4 nitrogen and oxygen atoms in total. The summed E-state index contributed by atoms with van der Waals surface area (Å²) >= 11 is 1.40. The zero-order valence-electron chi connectivity index (χ0n) is 12.8. The van der Waals surface area contributed by atoms with Crippen LogP contribution < -0.4 is 14.8 Å². The molecule has 0 saturated heterocycles. The van der Waals surface area contributed by atoms with E-state index in [1.807, 2.05) is 54.6 Å². The first-order chi connectivity index (χ1) is 11.8. The third-order valence-corrected chi connectivity index (χ3v) is 4.66. The van der Waals surface area contributed by atoms with Gasteiger partial charge in [0.15, 0.2) is 4.96 Å². The minimum absolute atomic E-state index is 0.0318. The van der Waals surface area contributed by atoms with Gasteiger partial charge in [0.1, 0.15) is 12.4 Å². The Balaban J connectivity index is 1.78. The predicted molar refractivity (Wildman–Crippen MR) is 97.8 cm³/mol. The van der Waals surface area contributed by atoms with E-state index in [0.717, 1.165) is 27.3 Å². The van der Waals surface area contributed by atoms with Crippen molar-refractivity contribution in [2.75, 3.05) is 6.61 Å². The Labute approximate surface area is 142 Å². The van der Waals surface area contributed by atoms with Crippen molar-refractivity contribution in [2.24, 2.45) is 0 Å². The van der Waals surface area contributed by atoms with Crippen molar-refractivity contribution < 1.29 is 4.74 Å². The van der Waals surface area contributed by atoms with Gasteiger partial charge in [0, 0.05) is 0 Å². The zero-order chi connectivity index (χ0) is 16.5. The number of ether oxygens (including phenoxy) is 1. The minimum Gasteiger partial charge on any atom is -0.490 e.